The molecule has 2 rings (SSSR count). The van der Waals surface area contributed by atoms with Crippen molar-refractivity contribution in [3.63, 3.8) is 0 Å². The van der Waals surface area contributed by atoms with Crippen LogP contribution in [0.4, 0.5) is 10.1 Å². The molecule has 21 heavy (non-hydrogen) atoms. The third kappa shape index (κ3) is 3.20. The fourth-order valence-corrected chi connectivity index (χ4v) is 3.26. The minimum atomic E-state index is -3.88. The molecule has 0 aliphatic carbocycles. The van der Waals surface area contributed by atoms with Crippen molar-refractivity contribution in [1.82, 2.24) is 0 Å². The summed E-state index contributed by atoms with van der Waals surface area (Å²) in [4.78, 5) is 0.00483. The molecule has 2 aromatic carbocycles. The maximum absolute atomic E-state index is 13.2. The minimum Gasteiger partial charge on any atom is -0.279 e. The number of hydrogen-bond acceptors (Lipinski definition) is 3. The van der Waals surface area contributed by atoms with Crippen LogP contribution in [0.5, 0.6) is 0 Å². The van der Waals surface area contributed by atoms with E-state index in [9.17, 15) is 12.8 Å². The summed E-state index contributed by atoms with van der Waals surface area (Å²) in [6, 6.07) is 10.2. The van der Waals surface area contributed by atoms with Crippen molar-refractivity contribution in [2.24, 2.45) is 0 Å². The molecule has 2 aromatic rings. The quantitative estimate of drug-likeness (QED) is 0.947. The largest absolute Gasteiger partial charge is 0.279 e. The van der Waals surface area contributed by atoms with Gasteiger partial charge in [-0.1, -0.05) is 12.1 Å². The number of nitrogens with one attached hydrogen (secondary N) is 1. The lowest BCUT2D eigenvalue weighted by molar-refractivity contribution is 0.600. The minimum absolute atomic E-state index is 0.00483. The highest BCUT2D eigenvalue weighted by Gasteiger charge is 2.18. The van der Waals surface area contributed by atoms with Gasteiger partial charge in [0.15, 0.2) is 0 Å². The summed E-state index contributed by atoms with van der Waals surface area (Å²) < 4.78 is 40.4. The van der Waals surface area contributed by atoms with E-state index in [0.717, 1.165) is 6.07 Å². The van der Waals surface area contributed by atoms with E-state index in [4.69, 9.17) is 5.26 Å². The van der Waals surface area contributed by atoms with Crippen molar-refractivity contribution in [3.8, 4) is 6.07 Å². The van der Waals surface area contributed by atoms with Crippen molar-refractivity contribution < 1.29 is 12.8 Å². The molecule has 4 nitrogen and oxygen atoms in total. The highest BCUT2D eigenvalue weighted by atomic mass is 32.2. The van der Waals surface area contributed by atoms with Gasteiger partial charge in [0.05, 0.1) is 22.2 Å². The SMILES string of the molecule is Cc1ccc(F)cc1NS(=O)(=O)c1cc(C#N)ccc1C. The third-order valence-corrected chi connectivity index (χ3v) is 4.56. The maximum Gasteiger partial charge on any atom is 0.262 e. The summed E-state index contributed by atoms with van der Waals surface area (Å²) in [5.74, 6) is -0.527. The number of halogens is 1. The third-order valence-electron chi connectivity index (χ3n) is 3.05. The zero-order valence-electron chi connectivity index (χ0n) is 11.5. The normalized spacial score (nSPS) is 11.0. The van der Waals surface area contributed by atoms with Gasteiger partial charge < -0.3 is 0 Å². The van der Waals surface area contributed by atoms with Gasteiger partial charge in [0.1, 0.15) is 5.82 Å². The van der Waals surface area contributed by atoms with Crippen LogP contribution in [0.25, 0.3) is 0 Å². The Morgan fingerprint density at radius 3 is 2.43 bits per heavy atom. The first-order valence-electron chi connectivity index (χ1n) is 6.13. The van der Waals surface area contributed by atoms with E-state index in [1.807, 2.05) is 6.07 Å². The van der Waals surface area contributed by atoms with E-state index < -0.39 is 15.8 Å². The molecule has 108 valence electrons. The van der Waals surface area contributed by atoms with Gasteiger partial charge in [-0.15, -0.1) is 0 Å². The van der Waals surface area contributed by atoms with Crippen LogP contribution in [-0.2, 0) is 10.0 Å². The van der Waals surface area contributed by atoms with Crippen LogP contribution in [0.3, 0.4) is 0 Å². The van der Waals surface area contributed by atoms with Crippen LogP contribution < -0.4 is 4.72 Å². The average molecular weight is 304 g/mol. The van der Waals surface area contributed by atoms with E-state index in [2.05, 4.69) is 4.72 Å². The Kier molecular flexibility index (Phi) is 3.96. The first-order valence-corrected chi connectivity index (χ1v) is 7.61. The van der Waals surface area contributed by atoms with Crippen molar-refractivity contribution in [2.75, 3.05) is 4.72 Å². The number of rotatable bonds is 3. The van der Waals surface area contributed by atoms with Gasteiger partial charge >= 0.3 is 0 Å². The maximum atomic E-state index is 13.2. The smallest absolute Gasteiger partial charge is 0.262 e. The summed E-state index contributed by atoms with van der Waals surface area (Å²) >= 11 is 0. The van der Waals surface area contributed by atoms with E-state index in [-0.39, 0.29) is 16.1 Å². The van der Waals surface area contributed by atoms with Crippen molar-refractivity contribution in [3.05, 3.63) is 58.9 Å². The molecular weight excluding hydrogens is 291 g/mol. The van der Waals surface area contributed by atoms with E-state index in [0.29, 0.717) is 11.1 Å². The predicted octanol–water partition coefficient (Wildman–Crippen LogP) is 3.12. The first-order chi connectivity index (χ1) is 9.83. The van der Waals surface area contributed by atoms with Gasteiger partial charge in [0.2, 0.25) is 0 Å². The average Bonchev–Trinajstić information content (AvgIpc) is 2.43. The number of hydrogen-bond donors (Lipinski definition) is 1. The van der Waals surface area contributed by atoms with Crippen LogP contribution in [0.2, 0.25) is 0 Å². The molecule has 0 bridgehead atoms. The molecule has 0 aliphatic heterocycles. The zero-order chi connectivity index (χ0) is 15.6. The van der Waals surface area contributed by atoms with Gasteiger partial charge in [0.25, 0.3) is 10.0 Å². The summed E-state index contributed by atoms with van der Waals surface area (Å²) in [5, 5.41) is 8.87. The van der Waals surface area contributed by atoms with Crippen LogP contribution in [0, 0.1) is 31.0 Å². The monoisotopic (exact) mass is 304 g/mol. The fourth-order valence-electron chi connectivity index (χ4n) is 1.86. The Balaban J connectivity index is 2.48. The lowest BCUT2D eigenvalue weighted by Gasteiger charge is -2.12. The molecule has 0 saturated carbocycles. The molecule has 0 saturated heterocycles. The first kappa shape index (κ1) is 15.0. The molecule has 6 heteroatoms. The zero-order valence-corrected chi connectivity index (χ0v) is 12.3. The Labute approximate surface area is 122 Å². The van der Waals surface area contributed by atoms with Gasteiger partial charge in [-0.05, 0) is 49.2 Å². The number of nitriles is 1. The van der Waals surface area contributed by atoms with Crippen LogP contribution in [0.15, 0.2) is 41.3 Å². The number of aryl methyl sites for hydroxylation is 2. The van der Waals surface area contributed by atoms with Gasteiger partial charge in [-0.3, -0.25) is 4.72 Å². The second kappa shape index (κ2) is 5.54. The van der Waals surface area contributed by atoms with Crippen molar-refractivity contribution >= 4 is 15.7 Å². The standard InChI is InChI=1S/C15H13FN2O2S/c1-10-4-6-13(16)8-14(10)18-21(19,20)15-7-12(9-17)5-3-11(15)2/h3-8,18H,1-2H3. The van der Waals surface area contributed by atoms with Crippen molar-refractivity contribution in [1.29, 1.82) is 5.26 Å². The summed E-state index contributed by atoms with van der Waals surface area (Å²) in [5.41, 5.74) is 1.54. The Morgan fingerprint density at radius 2 is 1.76 bits per heavy atom. The molecule has 0 fully saturated rings. The molecule has 0 radical (unpaired) electrons. The molecular formula is C15H13FN2O2S. The fraction of sp³-hybridized carbons (Fsp3) is 0.133. The lowest BCUT2D eigenvalue weighted by atomic mass is 10.2. The molecule has 0 atom stereocenters. The molecule has 0 unspecified atom stereocenters. The molecule has 0 aliphatic rings. The van der Waals surface area contributed by atoms with Gasteiger partial charge in [0, 0.05) is 0 Å². The van der Waals surface area contributed by atoms with Crippen LogP contribution in [0.1, 0.15) is 16.7 Å². The molecule has 0 spiro atoms. The summed E-state index contributed by atoms with van der Waals surface area (Å²) in [7, 11) is -3.88. The number of anilines is 1. The molecule has 0 aromatic heterocycles. The van der Waals surface area contributed by atoms with Crippen molar-refractivity contribution in [2.45, 2.75) is 18.7 Å². The number of benzene rings is 2. The molecule has 0 amide bonds. The second-order valence-electron chi connectivity index (χ2n) is 4.66. The number of nitrogens with zero attached hydrogens (tertiary/aromatic N) is 1. The molecule has 0 heterocycles. The Morgan fingerprint density at radius 1 is 1.10 bits per heavy atom. The van der Waals surface area contributed by atoms with E-state index in [1.54, 1.807) is 26.0 Å². The van der Waals surface area contributed by atoms with Crippen LogP contribution in [-0.4, -0.2) is 8.42 Å². The van der Waals surface area contributed by atoms with Crippen LogP contribution >= 0.6 is 0 Å². The Hall–Kier alpha value is -2.39. The lowest BCUT2D eigenvalue weighted by Crippen LogP contribution is -2.15. The number of sulfonamides is 1. The highest BCUT2D eigenvalue weighted by molar-refractivity contribution is 7.92. The Bertz CT molecular complexity index is 839. The van der Waals surface area contributed by atoms with Gasteiger partial charge in [-0.2, -0.15) is 5.26 Å². The summed E-state index contributed by atoms with van der Waals surface area (Å²) in [6.45, 7) is 3.31. The topological polar surface area (TPSA) is 70.0 Å². The van der Waals surface area contributed by atoms with E-state index >= 15 is 0 Å². The van der Waals surface area contributed by atoms with E-state index in [1.165, 1.54) is 18.2 Å². The summed E-state index contributed by atoms with van der Waals surface area (Å²) in [6.07, 6.45) is 0. The predicted molar refractivity (Wildman–Crippen MR) is 77.8 cm³/mol. The second-order valence-corrected chi connectivity index (χ2v) is 6.31. The molecule has 1 N–H and O–H groups in total. The highest BCUT2D eigenvalue weighted by Crippen LogP contribution is 2.23. The van der Waals surface area contributed by atoms with Gasteiger partial charge in [-0.25, -0.2) is 12.8 Å².